The molecule has 2 aromatic rings. The quantitative estimate of drug-likeness (QED) is 0.896. The van der Waals surface area contributed by atoms with Gasteiger partial charge >= 0.3 is 5.97 Å². The van der Waals surface area contributed by atoms with Crippen molar-refractivity contribution in [2.24, 2.45) is 0 Å². The normalized spacial score (nSPS) is 11.7. The summed E-state index contributed by atoms with van der Waals surface area (Å²) < 4.78 is 5.46. The molecule has 1 aromatic carbocycles. The first-order valence-corrected chi connectivity index (χ1v) is 6.59. The predicted molar refractivity (Wildman–Crippen MR) is 77.3 cm³/mol. The summed E-state index contributed by atoms with van der Waals surface area (Å²) in [4.78, 5) is 15.7. The minimum atomic E-state index is -1.12. The number of carboxylic acid groups (broad SMARTS) is 1. The second-order valence-corrected chi connectivity index (χ2v) is 6.15. The van der Waals surface area contributed by atoms with Crippen molar-refractivity contribution in [2.75, 3.05) is 0 Å². The second kappa shape index (κ2) is 4.94. The van der Waals surface area contributed by atoms with E-state index in [0.29, 0.717) is 16.3 Å². The molecule has 0 bridgehead atoms. The van der Waals surface area contributed by atoms with E-state index >= 15 is 0 Å². The molecule has 0 fully saturated rings. The third-order valence-electron chi connectivity index (χ3n) is 2.96. The number of aryl methyl sites for hydroxylation is 1. The van der Waals surface area contributed by atoms with Gasteiger partial charge in [0.2, 0.25) is 11.7 Å². The fourth-order valence-corrected chi connectivity index (χ4v) is 2.09. The van der Waals surface area contributed by atoms with Gasteiger partial charge in [0.05, 0.1) is 0 Å². The van der Waals surface area contributed by atoms with E-state index in [9.17, 15) is 9.90 Å². The van der Waals surface area contributed by atoms with Gasteiger partial charge in [-0.05, 0) is 24.6 Å². The fraction of sp³-hybridized carbons (Fsp3) is 0.333. The number of carbonyl (C=O) groups is 1. The maximum atomic E-state index is 11.3. The molecule has 0 aliphatic rings. The second-order valence-electron chi connectivity index (χ2n) is 5.71. The Balaban J connectivity index is 2.65. The van der Waals surface area contributed by atoms with Gasteiger partial charge in [-0.25, -0.2) is 9.78 Å². The molecular weight excluding hydrogens is 278 g/mol. The zero-order valence-corrected chi connectivity index (χ0v) is 12.6. The van der Waals surface area contributed by atoms with E-state index in [4.69, 9.17) is 16.0 Å². The van der Waals surface area contributed by atoms with Crippen molar-refractivity contribution >= 4 is 17.6 Å². The van der Waals surface area contributed by atoms with Crippen LogP contribution in [0.2, 0.25) is 5.02 Å². The Morgan fingerprint density at radius 2 is 2.00 bits per heavy atom. The molecule has 1 heterocycles. The van der Waals surface area contributed by atoms with E-state index < -0.39 is 11.4 Å². The van der Waals surface area contributed by atoms with Gasteiger partial charge in [-0.1, -0.05) is 38.4 Å². The van der Waals surface area contributed by atoms with Gasteiger partial charge in [0.1, 0.15) is 5.69 Å². The van der Waals surface area contributed by atoms with Crippen LogP contribution in [0.5, 0.6) is 0 Å². The molecule has 0 aliphatic carbocycles. The molecule has 0 aliphatic heterocycles. The number of rotatable bonds is 2. The average molecular weight is 294 g/mol. The molecule has 0 atom stereocenters. The van der Waals surface area contributed by atoms with E-state index in [-0.39, 0.29) is 11.7 Å². The smallest absolute Gasteiger partial charge is 0.373 e. The van der Waals surface area contributed by atoms with Crippen molar-refractivity contribution in [3.05, 3.63) is 40.2 Å². The zero-order valence-electron chi connectivity index (χ0n) is 11.8. The number of nitrogens with zero attached hydrogens (tertiary/aromatic N) is 1. The van der Waals surface area contributed by atoms with E-state index in [1.165, 1.54) is 0 Å². The van der Waals surface area contributed by atoms with Crippen LogP contribution in [-0.2, 0) is 5.41 Å². The summed E-state index contributed by atoms with van der Waals surface area (Å²) in [6, 6.07) is 5.34. The first-order valence-electron chi connectivity index (χ1n) is 6.21. The number of aromatic nitrogens is 1. The van der Waals surface area contributed by atoms with Crippen molar-refractivity contribution in [1.29, 1.82) is 0 Å². The topological polar surface area (TPSA) is 63.3 Å². The van der Waals surface area contributed by atoms with Crippen LogP contribution in [0.25, 0.3) is 11.5 Å². The van der Waals surface area contributed by atoms with Crippen molar-refractivity contribution in [1.82, 2.24) is 4.98 Å². The van der Waals surface area contributed by atoms with Crippen LogP contribution in [0.1, 0.15) is 42.6 Å². The predicted octanol–water partition coefficient (Wildman–Crippen LogP) is 4.30. The van der Waals surface area contributed by atoms with Crippen LogP contribution in [0.4, 0.5) is 0 Å². The van der Waals surface area contributed by atoms with Crippen LogP contribution in [0.3, 0.4) is 0 Å². The molecule has 0 radical (unpaired) electrons. The number of oxazole rings is 1. The van der Waals surface area contributed by atoms with E-state index in [1.807, 2.05) is 33.8 Å². The molecule has 1 aromatic heterocycles. The summed E-state index contributed by atoms with van der Waals surface area (Å²) in [6.45, 7) is 7.58. The highest BCUT2D eigenvalue weighted by molar-refractivity contribution is 6.30. The molecular formula is C15H16ClNO3. The Labute approximate surface area is 122 Å². The van der Waals surface area contributed by atoms with Gasteiger partial charge < -0.3 is 9.52 Å². The first-order chi connectivity index (χ1) is 9.20. The average Bonchev–Trinajstić information content (AvgIpc) is 2.77. The van der Waals surface area contributed by atoms with Crippen molar-refractivity contribution < 1.29 is 14.3 Å². The first kappa shape index (κ1) is 14.6. The van der Waals surface area contributed by atoms with Crippen LogP contribution in [0.15, 0.2) is 22.6 Å². The Hall–Kier alpha value is -1.81. The van der Waals surface area contributed by atoms with Gasteiger partial charge in [0.15, 0.2) is 0 Å². The van der Waals surface area contributed by atoms with E-state index in [2.05, 4.69) is 4.98 Å². The lowest BCUT2D eigenvalue weighted by molar-refractivity contribution is 0.0659. The minimum absolute atomic E-state index is 0.119. The Morgan fingerprint density at radius 3 is 2.50 bits per heavy atom. The highest BCUT2D eigenvalue weighted by Gasteiger charge is 2.29. The van der Waals surface area contributed by atoms with Crippen LogP contribution in [0, 0.1) is 6.92 Å². The van der Waals surface area contributed by atoms with Gasteiger partial charge in [0.25, 0.3) is 0 Å². The molecule has 0 saturated carbocycles. The molecule has 0 unspecified atom stereocenters. The zero-order chi connectivity index (χ0) is 15.1. The van der Waals surface area contributed by atoms with Gasteiger partial charge in [-0.2, -0.15) is 0 Å². The van der Waals surface area contributed by atoms with Crippen molar-refractivity contribution in [3.63, 3.8) is 0 Å². The summed E-state index contributed by atoms with van der Waals surface area (Å²) in [6.07, 6.45) is 0. The number of hydrogen-bond acceptors (Lipinski definition) is 3. The van der Waals surface area contributed by atoms with E-state index in [1.54, 1.807) is 12.1 Å². The number of carboxylic acids is 1. The maximum Gasteiger partial charge on any atom is 0.373 e. The lowest BCUT2D eigenvalue weighted by atomic mass is 9.91. The van der Waals surface area contributed by atoms with E-state index in [0.717, 1.165) is 5.56 Å². The van der Waals surface area contributed by atoms with Crippen molar-refractivity contribution in [3.8, 4) is 11.5 Å². The molecule has 0 amide bonds. The summed E-state index contributed by atoms with van der Waals surface area (Å²) in [5, 5.41) is 9.81. The lowest BCUT2D eigenvalue weighted by Gasteiger charge is -2.14. The van der Waals surface area contributed by atoms with Crippen LogP contribution < -0.4 is 0 Å². The number of halogens is 1. The summed E-state index contributed by atoms with van der Waals surface area (Å²) in [5.74, 6) is -0.951. The molecule has 5 heteroatoms. The molecule has 2 rings (SSSR count). The third-order valence-corrected chi connectivity index (χ3v) is 3.20. The highest BCUT2D eigenvalue weighted by atomic mass is 35.5. The maximum absolute atomic E-state index is 11.3. The SMILES string of the molecule is Cc1ccc(Cl)cc1-c1nc(C(C)(C)C)c(C(=O)O)o1. The summed E-state index contributed by atoms with van der Waals surface area (Å²) in [5.41, 5.74) is 1.64. The number of benzene rings is 1. The molecule has 4 nitrogen and oxygen atoms in total. The fourth-order valence-electron chi connectivity index (χ4n) is 1.91. The number of aromatic carboxylic acids is 1. The van der Waals surface area contributed by atoms with Crippen LogP contribution >= 0.6 is 11.6 Å². The Morgan fingerprint density at radius 1 is 1.35 bits per heavy atom. The molecule has 20 heavy (non-hydrogen) atoms. The van der Waals surface area contributed by atoms with Gasteiger partial charge in [-0.3, -0.25) is 0 Å². The molecule has 106 valence electrons. The minimum Gasteiger partial charge on any atom is -0.475 e. The largest absolute Gasteiger partial charge is 0.475 e. The van der Waals surface area contributed by atoms with Crippen molar-refractivity contribution in [2.45, 2.75) is 33.1 Å². The monoisotopic (exact) mass is 293 g/mol. The highest BCUT2D eigenvalue weighted by Crippen LogP contribution is 2.32. The Bertz CT molecular complexity index is 668. The molecule has 1 N–H and O–H groups in total. The molecule has 0 saturated heterocycles. The molecule has 0 spiro atoms. The summed E-state index contributed by atoms with van der Waals surface area (Å²) in [7, 11) is 0. The standard InChI is InChI=1S/C15H16ClNO3/c1-8-5-6-9(16)7-10(8)13-17-12(15(2,3)4)11(20-13)14(18)19/h5-7H,1-4H3,(H,18,19). The van der Waals surface area contributed by atoms with Gasteiger partial charge in [-0.15, -0.1) is 0 Å². The lowest BCUT2D eigenvalue weighted by Crippen LogP contribution is -2.16. The Kier molecular flexibility index (Phi) is 3.61. The third kappa shape index (κ3) is 2.70. The van der Waals surface area contributed by atoms with Crippen LogP contribution in [-0.4, -0.2) is 16.1 Å². The summed E-state index contributed by atoms with van der Waals surface area (Å²) >= 11 is 5.98. The van der Waals surface area contributed by atoms with Gasteiger partial charge in [0, 0.05) is 16.0 Å². The number of hydrogen-bond donors (Lipinski definition) is 1.